The van der Waals surface area contributed by atoms with Crippen LogP contribution in [0.1, 0.15) is 115 Å². The number of nitrogens with two attached hydrogens (primary N) is 2. The molecule has 2 saturated carbocycles. The zero-order valence-corrected chi connectivity index (χ0v) is 25.3. The fourth-order valence-electron chi connectivity index (χ4n) is 5.97. The van der Waals surface area contributed by atoms with Gasteiger partial charge < -0.3 is 20.9 Å². The molecule has 4 rings (SSSR count). The molecule has 40 heavy (non-hydrogen) atoms. The number of hydrogen-bond acceptors (Lipinski definition) is 6. The first-order valence-corrected chi connectivity index (χ1v) is 15.4. The number of carbonyl (C=O) groups is 2. The van der Waals surface area contributed by atoms with E-state index in [4.69, 9.17) is 32.5 Å². The molecule has 0 atom stereocenters. The number of benzene rings is 2. The van der Waals surface area contributed by atoms with Crippen molar-refractivity contribution in [3.8, 4) is 0 Å². The molecule has 6 nitrogen and oxygen atoms in total. The minimum Gasteiger partial charge on any atom is -0.462 e. The Labute approximate surface area is 245 Å². The molecule has 2 aromatic carbocycles. The van der Waals surface area contributed by atoms with E-state index < -0.39 is 5.97 Å². The summed E-state index contributed by atoms with van der Waals surface area (Å²) in [5.41, 5.74) is 17.7. The molecule has 0 heterocycles. The Kier molecular flexibility index (Phi) is 12.6. The first kappa shape index (κ1) is 31.8. The Hall–Kier alpha value is -2.73. The van der Waals surface area contributed by atoms with Gasteiger partial charge in [-0.3, -0.25) is 0 Å². The van der Waals surface area contributed by atoms with Crippen molar-refractivity contribution < 1.29 is 19.1 Å². The quantitative estimate of drug-likeness (QED) is 0.245. The SMILES string of the molecule is CCOC(=O)c1cc(N)c(CC2CCCCC2)cc1C.CCOC(=O)c1cc(N)c(CC2CCCCC2)cc1Cl. The highest BCUT2D eigenvalue weighted by molar-refractivity contribution is 6.33. The third-order valence-electron chi connectivity index (χ3n) is 8.17. The molecule has 220 valence electrons. The van der Waals surface area contributed by atoms with Gasteiger partial charge in [-0.25, -0.2) is 9.59 Å². The van der Waals surface area contributed by atoms with Crippen LogP contribution in [-0.2, 0) is 22.3 Å². The van der Waals surface area contributed by atoms with Crippen LogP contribution >= 0.6 is 11.6 Å². The zero-order valence-electron chi connectivity index (χ0n) is 24.5. The zero-order chi connectivity index (χ0) is 29.1. The molecule has 0 amide bonds. The van der Waals surface area contributed by atoms with Crippen molar-refractivity contribution in [1.82, 2.24) is 0 Å². The van der Waals surface area contributed by atoms with E-state index in [1.54, 1.807) is 19.1 Å². The van der Waals surface area contributed by atoms with E-state index in [0.717, 1.165) is 35.6 Å². The van der Waals surface area contributed by atoms with Gasteiger partial charge in [-0.1, -0.05) is 81.9 Å². The van der Waals surface area contributed by atoms with Crippen LogP contribution in [0.3, 0.4) is 0 Å². The van der Waals surface area contributed by atoms with Crippen LogP contribution in [-0.4, -0.2) is 25.2 Å². The average Bonchev–Trinajstić information content (AvgIpc) is 2.94. The van der Waals surface area contributed by atoms with Gasteiger partial charge in [0.15, 0.2) is 0 Å². The normalized spacial score (nSPS) is 16.1. The van der Waals surface area contributed by atoms with Crippen molar-refractivity contribution in [2.24, 2.45) is 11.8 Å². The van der Waals surface area contributed by atoms with Gasteiger partial charge in [0.05, 0.1) is 29.4 Å². The lowest BCUT2D eigenvalue weighted by Gasteiger charge is -2.22. The molecule has 0 aromatic heterocycles. The predicted octanol–water partition coefficient (Wildman–Crippen LogP) is 8.10. The molecule has 2 aromatic rings. The van der Waals surface area contributed by atoms with Gasteiger partial charge in [-0.15, -0.1) is 0 Å². The summed E-state index contributed by atoms with van der Waals surface area (Å²) in [6, 6.07) is 7.33. The topological polar surface area (TPSA) is 105 Å². The largest absolute Gasteiger partial charge is 0.462 e. The Balaban J connectivity index is 0.000000220. The van der Waals surface area contributed by atoms with Crippen molar-refractivity contribution in [3.63, 3.8) is 0 Å². The van der Waals surface area contributed by atoms with E-state index in [1.807, 2.05) is 19.9 Å². The van der Waals surface area contributed by atoms with Crippen molar-refractivity contribution >= 4 is 34.9 Å². The van der Waals surface area contributed by atoms with Crippen LogP contribution in [0.5, 0.6) is 0 Å². The predicted molar refractivity (Wildman–Crippen MR) is 164 cm³/mol. The van der Waals surface area contributed by atoms with Gasteiger partial charge >= 0.3 is 11.9 Å². The van der Waals surface area contributed by atoms with Gasteiger partial charge in [0.25, 0.3) is 0 Å². The highest BCUT2D eigenvalue weighted by Crippen LogP contribution is 2.32. The molecule has 2 fully saturated rings. The molecule has 0 spiro atoms. The molecule has 4 N–H and O–H groups in total. The van der Waals surface area contributed by atoms with Crippen LogP contribution in [0.4, 0.5) is 11.4 Å². The lowest BCUT2D eigenvalue weighted by Crippen LogP contribution is -2.13. The van der Waals surface area contributed by atoms with Gasteiger partial charge in [-0.05, 0) is 80.3 Å². The first-order valence-electron chi connectivity index (χ1n) is 15.0. The summed E-state index contributed by atoms with van der Waals surface area (Å²) in [6.45, 7) is 6.26. The molecule has 0 unspecified atom stereocenters. The number of rotatable bonds is 8. The second-order valence-electron chi connectivity index (χ2n) is 11.3. The van der Waals surface area contributed by atoms with E-state index in [1.165, 1.54) is 69.8 Å². The lowest BCUT2D eigenvalue weighted by molar-refractivity contribution is 0.0516. The number of hydrogen-bond donors (Lipinski definition) is 2. The summed E-state index contributed by atoms with van der Waals surface area (Å²) in [4.78, 5) is 23.6. The molecule has 0 aliphatic heterocycles. The van der Waals surface area contributed by atoms with Crippen LogP contribution in [0.2, 0.25) is 5.02 Å². The Bertz CT molecular complexity index is 1050. The molecule has 2 aliphatic carbocycles. The fourth-order valence-corrected chi connectivity index (χ4v) is 6.23. The number of ether oxygens (including phenoxy) is 2. The fraction of sp³-hybridized carbons (Fsp3) is 0.576. The molecule has 0 radical (unpaired) electrons. The van der Waals surface area contributed by atoms with Gasteiger partial charge in [0, 0.05) is 11.4 Å². The summed E-state index contributed by atoms with van der Waals surface area (Å²) < 4.78 is 10.0. The number of esters is 2. The standard InChI is InChI=1S/C17H25NO2.C16H22ClNO2/c1-3-20-17(19)15-11-16(18)14(9-12(15)2)10-13-7-5-4-6-8-13;1-2-20-16(19)13-10-15(18)12(9-14(13)17)8-11-6-4-3-5-7-11/h9,11,13H,3-8,10,18H2,1-2H3;9-11H,2-8,18H2,1H3. The van der Waals surface area contributed by atoms with E-state index in [2.05, 4.69) is 6.07 Å². The summed E-state index contributed by atoms with van der Waals surface area (Å²) in [5.74, 6) is 0.754. The molecule has 0 bridgehead atoms. The molecule has 7 heteroatoms. The Morgan fingerprint density at radius 1 is 0.725 bits per heavy atom. The summed E-state index contributed by atoms with van der Waals surface area (Å²) in [5, 5.41) is 0.434. The van der Waals surface area contributed by atoms with E-state index >= 15 is 0 Å². The second-order valence-corrected chi connectivity index (χ2v) is 11.7. The van der Waals surface area contributed by atoms with Gasteiger partial charge in [-0.2, -0.15) is 0 Å². The highest BCUT2D eigenvalue weighted by atomic mass is 35.5. The average molecular weight is 571 g/mol. The molecule has 2 aliphatic rings. The van der Waals surface area contributed by atoms with Crippen molar-refractivity contribution in [2.45, 2.75) is 97.8 Å². The number of nitrogen functional groups attached to an aromatic ring is 2. The number of carbonyl (C=O) groups excluding carboxylic acids is 2. The summed E-state index contributed by atoms with van der Waals surface area (Å²) in [6.07, 6.45) is 15.1. The van der Waals surface area contributed by atoms with Crippen LogP contribution in [0.15, 0.2) is 24.3 Å². The minimum atomic E-state index is -0.409. The molecular formula is C33H47ClN2O4. The third-order valence-corrected chi connectivity index (χ3v) is 8.49. The van der Waals surface area contributed by atoms with Crippen LogP contribution < -0.4 is 11.5 Å². The third kappa shape index (κ3) is 9.15. The van der Waals surface area contributed by atoms with E-state index in [9.17, 15) is 9.59 Å². The maximum Gasteiger partial charge on any atom is 0.339 e. The molecule has 0 saturated heterocycles. The first-order chi connectivity index (χ1) is 19.2. The van der Waals surface area contributed by atoms with Gasteiger partial charge in [0.2, 0.25) is 0 Å². The van der Waals surface area contributed by atoms with Crippen LogP contribution in [0.25, 0.3) is 0 Å². The lowest BCUT2D eigenvalue weighted by atomic mass is 9.84. The van der Waals surface area contributed by atoms with Gasteiger partial charge in [0.1, 0.15) is 0 Å². The molecular weight excluding hydrogens is 524 g/mol. The van der Waals surface area contributed by atoms with Crippen molar-refractivity contribution in [1.29, 1.82) is 0 Å². The smallest absolute Gasteiger partial charge is 0.339 e. The number of anilines is 2. The second kappa shape index (κ2) is 15.9. The monoisotopic (exact) mass is 570 g/mol. The van der Waals surface area contributed by atoms with Crippen molar-refractivity contribution in [2.75, 3.05) is 24.7 Å². The minimum absolute atomic E-state index is 0.277. The number of aryl methyl sites for hydroxylation is 1. The summed E-state index contributed by atoms with van der Waals surface area (Å²) >= 11 is 6.19. The van der Waals surface area contributed by atoms with E-state index in [-0.39, 0.29) is 5.97 Å². The Morgan fingerprint density at radius 2 is 1.15 bits per heavy atom. The van der Waals surface area contributed by atoms with Crippen LogP contribution in [0, 0.1) is 18.8 Å². The van der Waals surface area contributed by atoms with E-state index in [0.29, 0.717) is 41.0 Å². The maximum atomic E-state index is 11.8. The maximum absolute atomic E-state index is 11.8. The number of halogens is 1. The Morgan fingerprint density at radius 3 is 1.62 bits per heavy atom. The summed E-state index contributed by atoms with van der Waals surface area (Å²) in [7, 11) is 0. The van der Waals surface area contributed by atoms with Crippen molar-refractivity contribution in [3.05, 3.63) is 57.1 Å². The highest BCUT2D eigenvalue weighted by Gasteiger charge is 2.20.